The van der Waals surface area contributed by atoms with Gasteiger partial charge in [-0.05, 0) is 11.6 Å². The number of H-pyrrole nitrogens is 2. The molecular formula is C15H11N3O5. The zero-order chi connectivity index (χ0) is 16.6. The average molecular weight is 313 g/mol. The van der Waals surface area contributed by atoms with Gasteiger partial charge in [0.05, 0.1) is 16.2 Å². The van der Waals surface area contributed by atoms with Gasteiger partial charge in [0.1, 0.15) is 0 Å². The van der Waals surface area contributed by atoms with Gasteiger partial charge in [0, 0.05) is 11.6 Å². The maximum atomic E-state index is 12.1. The summed E-state index contributed by atoms with van der Waals surface area (Å²) in [5.74, 6) is -1.46. The molecule has 0 fully saturated rings. The van der Waals surface area contributed by atoms with Crippen molar-refractivity contribution in [3.8, 4) is 33.9 Å². The standard InChI is InChI=1S/C15H11N3O5/c19-11-7-9(6-10(14(11)20)18(22)23)13-12(15(21)17-16-13)8-4-2-1-3-5-8/h1-7,19-20H,(H2,16,17,21). The van der Waals surface area contributed by atoms with Crippen molar-refractivity contribution in [1.29, 1.82) is 0 Å². The Morgan fingerprint density at radius 3 is 2.35 bits per heavy atom. The number of aromatic nitrogens is 2. The molecular weight excluding hydrogens is 302 g/mol. The molecule has 1 aromatic heterocycles. The van der Waals surface area contributed by atoms with Gasteiger partial charge in [-0.15, -0.1) is 0 Å². The van der Waals surface area contributed by atoms with Gasteiger partial charge in [0.15, 0.2) is 5.75 Å². The lowest BCUT2D eigenvalue weighted by molar-refractivity contribution is -0.385. The van der Waals surface area contributed by atoms with Crippen molar-refractivity contribution in [3.05, 3.63) is 62.9 Å². The molecule has 0 saturated carbocycles. The molecule has 0 amide bonds. The number of phenols is 2. The number of hydrogen-bond acceptors (Lipinski definition) is 5. The number of hydrogen-bond donors (Lipinski definition) is 4. The Hall–Kier alpha value is -3.55. The second-order valence-corrected chi connectivity index (χ2v) is 4.82. The first kappa shape index (κ1) is 14.4. The molecule has 0 aliphatic carbocycles. The van der Waals surface area contributed by atoms with Crippen LogP contribution >= 0.6 is 0 Å². The predicted molar refractivity (Wildman–Crippen MR) is 82.3 cm³/mol. The van der Waals surface area contributed by atoms with Crippen molar-refractivity contribution in [3.63, 3.8) is 0 Å². The number of nitrogens with zero attached hydrogens (tertiary/aromatic N) is 1. The lowest BCUT2D eigenvalue weighted by Crippen LogP contribution is -2.01. The molecule has 116 valence electrons. The van der Waals surface area contributed by atoms with Gasteiger partial charge >= 0.3 is 5.69 Å². The summed E-state index contributed by atoms with van der Waals surface area (Å²) >= 11 is 0. The quantitative estimate of drug-likeness (QED) is 0.335. The smallest absolute Gasteiger partial charge is 0.315 e. The Balaban J connectivity index is 2.26. The van der Waals surface area contributed by atoms with Crippen LogP contribution in [0.3, 0.4) is 0 Å². The molecule has 0 bridgehead atoms. The van der Waals surface area contributed by atoms with Crippen LogP contribution in [0.4, 0.5) is 5.69 Å². The highest BCUT2D eigenvalue weighted by atomic mass is 16.6. The summed E-state index contributed by atoms with van der Waals surface area (Å²) < 4.78 is 0. The molecule has 0 atom stereocenters. The molecule has 3 rings (SSSR count). The van der Waals surface area contributed by atoms with E-state index in [0.29, 0.717) is 5.56 Å². The van der Waals surface area contributed by atoms with Crippen LogP contribution in [0.5, 0.6) is 11.5 Å². The summed E-state index contributed by atoms with van der Waals surface area (Å²) in [5.41, 5.74) is 0.316. The Labute approximate surface area is 128 Å². The molecule has 8 nitrogen and oxygen atoms in total. The molecule has 8 heteroatoms. The predicted octanol–water partition coefficient (Wildman–Crippen LogP) is 2.36. The van der Waals surface area contributed by atoms with E-state index in [2.05, 4.69) is 10.2 Å². The van der Waals surface area contributed by atoms with E-state index in [1.807, 2.05) is 0 Å². The highest BCUT2D eigenvalue weighted by Crippen LogP contribution is 2.40. The van der Waals surface area contributed by atoms with Gasteiger partial charge in [-0.3, -0.25) is 25.1 Å². The van der Waals surface area contributed by atoms with E-state index in [0.717, 1.165) is 12.1 Å². The molecule has 0 aliphatic rings. The number of aromatic amines is 2. The maximum Gasteiger partial charge on any atom is 0.315 e. The largest absolute Gasteiger partial charge is 0.504 e. The number of rotatable bonds is 3. The van der Waals surface area contributed by atoms with Gasteiger partial charge in [0.2, 0.25) is 5.75 Å². The van der Waals surface area contributed by atoms with Crippen LogP contribution in [0.15, 0.2) is 47.3 Å². The average Bonchev–Trinajstić information content (AvgIpc) is 2.92. The van der Waals surface area contributed by atoms with Crippen molar-refractivity contribution in [1.82, 2.24) is 10.2 Å². The first-order valence-electron chi connectivity index (χ1n) is 6.56. The molecule has 0 spiro atoms. The molecule has 1 heterocycles. The van der Waals surface area contributed by atoms with Crippen molar-refractivity contribution in [2.45, 2.75) is 0 Å². The maximum absolute atomic E-state index is 12.1. The Morgan fingerprint density at radius 1 is 1.00 bits per heavy atom. The summed E-state index contributed by atoms with van der Waals surface area (Å²) in [4.78, 5) is 22.2. The lowest BCUT2D eigenvalue weighted by Gasteiger charge is -2.06. The minimum atomic E-state index is -0.821. The number of phenolic OH excluding ortho intramolecular Hbond substituents is 2. The first-order chi connectivity index (χ1) is 11.0. The Bertz CT molecular complexity index is 943. The Morgan fingerprint density at radius 2 is 1.70 bits per heavy atom. The SMILES string of the molecule is O=c1[nH][nH]c(-c2cc(O)c(O)c([N+](=O)[O-])c2)c1-c1ccccc1. The summed E-state index contributed by atoms with van der Waals surface area (Å²) in [5, 5.41) is 35.3. The Kier molecular flexibility index (Phi) is 3.34. The first-order valence-corrected chi connectivity index (χ1v) is 6.56. The summed E-state index contributed by atoms with van der Waals surface area (Å²) in [6.07, 6.45) is 0. The van der Waals surface area contributed by atoms with Crippen LogP contribution in [0.2, 0.25) is 0 Å². The third-order valence-electron chi connectivity index (χ3n) is 3.40. The van der Waals surface area contributed by atoms with Crippen LogP contribution in [0.25, 0.3) is 22.4 Å². The van der Waals surface area contributed by atoms with E-state index in [1.54, 1.807) is 30.3 Å². The van der Waals surface area contributed by atoms with Gasteiger partial charge < -0.3 is 10.2 Å². The van der Waals surface area contributed by atoms with Crippen LogP contribution in [0, 0.1) is 10.1 Å². The van der Waals surface area contributed by atoms with Gasteiger partial charge in [-0.25, -0.2) is 0 Å². The van der Waals surface area contributed by atoms with E-state index in [1.165, 1.54) is 0 Å². The molecule has 3 aromatic rings. The molecule has 0 saturated heterocycles. The highest BCUT2D eigenvalue weighted by molar-refractivity contribution is 5.82. The molecule has 0 aliphatic heterocycles. The normalized spacial score (nSPS) is 10.6. The minimum absolute atomic E-state index is 0.198. The van der Waals surface area contributed by atoms with Crippen molar-refractivity contribution < 1.29 is 15.1 Å². The fourth-order valence-electron chi connectivity index (χ4n) is 2.34. The highest BCUT2D eigenvalue weighted by Gasteiger charge is 2.22. The summed E-state index contributed by atoms with van der Waals surface area (Å²) in [6.45, 7) is 0. The van der Waals surface area contributed by atoms with Gasteiger partial charge in [-0.1, -0.05) is 30.3 Å². The van der Waals surface area contributed by atoms with Crippen LogP contribution in [-0.2, 0) is 0 Å². The van der Waals surface area contributed by atoms with Crippen LogP contribution < -0.4 is 5.56 Å². The van der Waals surface area contributed by atoms with E-state index >= 15 is 0 Å². The number of aromatic hydroxyl groups is 2. The van der Waals surface area contributed by atoms with Crippen LogP contribution in [0.1, 0.15) is 0 Å². The van der Waals surface area contributed by atoms with E-state index in [9.17, 15) is 25.1 Å². The fourth-order valence-corrected chi connectivity index (χ4v) is 2.34. The number of nitro benzene ring substituents is 1. The zero-order valence-electron chi connectivity index (χ0n) is 11.6. The molecule has 2 aromatic carbocycles. The molecule has 0 radical (unpaired) electrons. The van der Waals surface area contributed by atoms with E-state index in [4.69, 9.17) is 0 Å². The third kappa shape index (κ3) is 2.42. The van der Waals surface area contributed by atoms with Crippen LogP contribution in [-0.4, -0.2) is 25.3 Å². The van der Waals surface area contributed by atoms with Crippen molar-refractivity contribution in [2.75, 3.05) is 0 Å². The topological polar surface area (TPSA) is 132 Å². The van der Waals surface area contributed by atoms with Gasteiger partial charge in [0.25, 0.3) is 5.56 Å². The van der Waals surface area contributed by atoms with Crippen molar-refractivity contribution in [2.24, 2.45) is 0 Å². The molecule has 4 N–H and O–H groups in total. The molecule has 23 heavy (non-hydrogen) atoms. The monoisotopic (exact) mass is 313 g/mol. The fraction of sp³-hybridized carbons (Fsp3) is 0. The number of nitro groups is 1. The zero-order valence-corrected chi connectivity index (χ0v) is 11.6. The second-order valence-electron chi connectivity index (χ2n) is 4.82. The number of nitrogens with one attached hydrogen (secondary N) is 2. The van der Waals surface area contributed by atoms with Gasteiger partial charge in [-0.2, -0.15) is 0 Å². The second kappa shape index (κ2) is 5.34. The molecule has 0 unspecified atom stereocenters. The lowest BCUT2D eigenvalue weighted by atomic mass is 10.0. The third-order valence-corrected chi connectivity index (χ3v) is 3.40. The van der Waals surface area contributed by atoms with E-state index in [-0.39, 0.29) is 16.8 Å². The van der Waals surface area contributed by atoms with Crippen molar-refractivity contribution >= 4 is 5.69 Å². The minimum Gasteiger partial charge on any atom is -0.504 e. The summed E-state index contributed by atoms with van der Waals surface area (Å²) in [6, 6.07) is 11.0. The van der Waals surface area contributed by atoms with E-state index < -0.39 is 27.7 Å². The summed E-state index contributed by atoms with van der Waals surface area (Å²) in [7, 11) is 0. The number of benzene rings is 2.